The molecule has 42 heavy (non-hydrogen) atoms. The topological polar surface area (TPSA) is 96.5 Å². The van der Waals surface area contributed by atoms with E-state index in [1.165, 1.54) is 17.8 Å². The van der Waals surface area contributed by atoms with Gasteiger partial charge in [0, 0.05) is 16.1 Å². The zero-order chi connectivity index (χ0) is 29.9. The summed E-state index contributed by atoms with van der Waals surface area (Å²) in [7, 11) is 0. The number of hydrogen-bond donors (Lipinski definition) is 3. The van der Waals surface area contributed by atoms with Gasteiger partial charge in [0.2, 0.25) is 5.91 Å². The van der Waals surface area contributed by atoms with Gasteiger partial charge in [0.25, 0.3) is 11.8 Å². The second kappa shape index (κ2) is 15.1. The average molecular weight is 621 g/mol. The lowest BCUT2D eigenvalue weighted by Gasteiger charge is -2.13. The Balaban J connectivity index is 1.47. The summed E-state index contributed by atoms with van der Waals surface area (Å²) in [5, 5.41) is 8.93. The van der Waals surface area contributed by atoms with Crippen LogP contribution in [-0.4, -0.2) is 30.1 Å². The van der Waals surface area contributed by atoms with Crippen LogP contribution in [0.4, 0.5) is 11.4 Å². The van der Waals surface area contributed by atoms with Crippen LogP contribution in [-0.2, 0) is 9.59 Å². The quantitative estimate of drug-likeness (QED) is 0.119. The fourth-order valence-corrected chi connectivity index (χ4v) is 4.90. The van der Waals surface area contributed by atoms with E-state index in [4.69, 9.17) is 27.9 Å². The van der Waals surface area contributed by atoms with Gasteiger partial charge in [-0.15, -0.1) is 11.8 Å². The van der Waals surface area contributed by atoms with Crippen LogP contribution in [0.1, 0.15) is 22.8 Å². The maximum atomic E-state index is 13.4. The first-order chi connectivity index (χ1) is 20.3. The van der Waals surface area contributed by atoms with E-state index in [9.17, 15) is 14.4 Å². The van der Waals surface area contributed by atoms with Crippen LogP contribution in [0.5, 0.6) is 5.75 Å². The lowest BCUT2D eigenvalue weighted by Crippen LogP contribution is -2.30. The minimum Gasteiger partial charge on any atom is -0.492 e. The Morgan fingerprint density at radius 2 is 1.60 bits per heavy atom. The monoisotopic (exact) mass is 619 g/mol. The molecule has 7 nitrogen and oxygen atoms in total. The highest BCUT2D eigenvalue weighted by molar-refractivity contribution is 8.00. The van der Waals surface area contributed by atoms with Gasteiger partial charge in [0.1, 0.15) is 11.4 Å². The Labute approximate surface area is 258 Å². The van der Waals surface area contributed by atoms with Crippen molar-refractivity contribution in [3.63, 3.8) is 0 Å². The standard InChI is InChI=1S/C32H27Cl2N3O4S/c1-2-41-28-17-7-6-16-26(28)36-29(38)20-42-24-14-9-13-23(19-24)35-32(40)27(18-22-12-8-15-25(33)30(22)34)37-31(39)21-10-4-3-5-11-21/h3-19H,2,20H2,1H3,(H,35,40)(H,36,38)(H,37,39)/b27-18+. The Hall–Kier alpha value is -4.24. The molecule has 0 aliphatic rings. The first-order valence-corrected chi connectivity index (χ1v) is 14.7. The van der Waals surface area contributed by atoms with Gasteiger partial charge < -0.3 is 20.7 Å². The van der Waals surface area contributed by atoms with E-state index < -0.39 is 11.8 Å². The minimum absolute atomic E-state index is 0.0292. The van der Waals surface area contributed by atoms with E-state index in [-0.39, 0.29) is 22.4 Å². The number of carbonyl (C=O) groups is 3. The Morgan fingerprint density at radius 3 is 2.38 bits per heavy atom. The first kappa shape index (κ1) is 30.7. The van der Waals surface area contributed by atoms with Crippen LogP contribution in [0.2, 0.25) is 10.0 Å². The van der Waals surface area contributed by atoms with Gasteiger partial charge in [-0.3, -0.25) is 14.4 Å². The van der Waals surface area contributed by atoms with Crippen molar-refractivity contribution in [2.45, 2.75) is 11.8 Å². The van der Waals surface area contributed by atoms with Crippen molar-refractivity contribution in [2.24, 2.45) is 0 Å². The molecule has 0 spiro atoms. The molecule has 0 aliphatic heterocycles. The van der Waals surface area contributed by atoms with Crippen molar-refractivity contribution in [2.75, 3.05) is 23.0 Å². The third-order valence-electron chi connectivity index (χ3n) is 5.73. The van der Waals surface area contributed by atoms with Gasteiger partial charge in [-0.1, -0.05) is 71.7 Å². The highest BCUT2D eigenvalue weighted by atomic mass is 35.5. The largest absolute Gasteiger partial charge is 0.492 e. The number of nitrogens with one attached hydrogen (secondary N) is 3. The number of ether oxygens (including phenoxy) is 1. The number of hydrogen-bond acceptors (Lipinski definition) is 5. The summed E-state index contributed by atoms with van der Waals surface area (Å²) in [6.45, 7) is 2.36. The van der Waals surface area contributed by atoms with E-state index in [0.29, 0.717) is 39.9 Å². The van der Waals surface area contributed by atoms with E-state index in [2.05, 4.69) is 16.0 Å². The molecule has 10 heteroatoms. The molecule has 3 N–H and O–H groups in total. The number of amides is 3. The number of rotatable bonds is 11. The molecular formula is C32H27Cl2N3O4S. The van der Waals surface area contributed by atoms with Crippen LogP contribution in [0, 0.1) is 0 Å². The fraction of sp³-hybridized carbons (Fsp3) is 0.0938. The van der Waals surface area contributed by atoms with Gasteiger partial charge in [-0.25, -0.2) is 0 Å². The molecular weight excluding hydrogens is 593 g/mol. The molecule has 0 atom stereocenters. The number of benzene rings is 4. The van der Waals surface area contributed by atoms with Crippen molar-refractivity contribution < 1.29 is 19.1 Å². The van der Waals surface area contributed by atoms with Crippen molar-refractivity contribution in [3.8, 4) is 5.75 Å². The van der Waals surface area contributed by atoms with Crippen LogP contribution < -0.4 is 20.7 Å². The summed E-state index contributed by atoms with van der Waals surface area (Å²) in [4.78, 5) is 39.7. The smallest absolute Gasteiger partial charge is 0.272 e. The molecule has 0 heterocycles. The third kappa shape index (κ3) is 8.63. The highest BCUT2D eigenvalue weighted by Crippen LogP contribution is 2.28. The van der Waals surface area contributed by atoms with E-state index >= 15 is 0 Å². The van der Waals surface area contributed by atoms with Gasteiger partial charge >= 0.3 is 0 Å². The SMILES string of the molecule is CCOc1ccccc1NC(=O)CSc1cccc(NC(=O)/C(=C\c2cccc(Cl)c2Cl)NC(=O)c2ccccc2)c1. The predicted octanol–water partition coefficient (Wildman–Crippen LogP) is 7.53. The van der Waals surface area contributed by atoms with Gasteiger partial charge in [0.05, 0.1) is 28.1 Å². The lowest BCUT2D eigenvalue weighted by molar-refractivity contribution is -0.114. The fourth-order valence-electron chi connectivity index (χ4n) is 3.78. The van der Waals surface area contributed by atoms with Crippen molar-refractivity contribution in [1.82, 2.24) is 5.32 Å². The summed E-state index contributed by atoms with van der Waals surface area (Å²) in [6.07, 6.45) is 1.47. The number of anilines is 2. The molecule has 3 amide bonds. The second-order valence-electron chi connectivity index (χ2n) is 8.77. The molecule has 214 valence electrons. The molecule has 0 fully saturated rings. The third-order valence-corrected chi connectivity index (χ3v) is 7.56. The Kier molecular flexibility index (Phi) is 11.1. The van der Waals surface area contributed by atoms with Gasteiger partial charge in [-0.05, 0) is 67.1 Å². The molecule has 0 unspecified atom stereocenters. The first-order valence-electron chi connectivity index (χ1n) is 12.9. The second-order valence-corrected chi connectivity index (χ2v) is 10.6. The van der Waals surface area contributed by atoms with Gasteiger partial charge in [-0.2, -0.15) is 0 Å². The molecule has 4 aromatic carbocycles. The van der Waals surface area contributed by atoms with Crippen molar-refractivity contribution in [1.29, 1.82) is 0 Å². The predicted molar refractivity (Wildman–Crippen MR) is 170 cm³/mol. The molecule has 0 radical (unpaired) electrons. The number of carbonyl (C=O) groups excluding carboxylic acids is 3. The van der Waals surface area contributed by atoms with E-state index in [0.717, 1.165) is 4.90 Å². The molecule has 0 saturated carbocycles. The Bertz CT molecular complexity index is 1610. The zero-order valence-corrected chi connectivity index (χ0v) is 24.9. The summed E-state index contributed by atoms with van der Waals surface area (Å²) in [5.41, 5.74) is 1.89. The van der Waals surface area contributed by atoms with E-state index in [1.54, 1.807) is 78.9 Å². The number of thioether (sulfide) groups is 1. The molecule has 0 aromatic heterocycles. The maximum absolute atomic E-state index is 13.4. The highest BCUT2D eigenvalue weighted by Gasteiger charge is 2.17. The van der Waals surface area contributed by atoms with E-state index in [1.807, 2.05) is 25.1 Å². The average Bonchev–Trinajstić information content (AvgIpc) is 2.99. The number of halogens is 2. The summed E-state index contributed by atoms with van der Waals surface area (Å²) in [6, 6.07) is 27.8. The number of para-hydroxylation sites is 2. The molecule has 4 rings (SSSR count). The lowest BCUT2D eigenvalue weighted by atomic mass is 10.1. The van der Waals surface area contributed by atoms with Crippen LogP contribution >= 0.6 is 35.0 Å². The normalized spacial score (nSPS) is 11.0. The molecule has 4 aromatic rings. The zero-order valence-electron chi connectivity index (χ0n) is 22.5. The summed E-state index contributed by atoms with van der Waals surface area (Å²) in [5.74, 6) is -0.484. The van der Waals surface area contributed by atoms with Crippen LogP contribution in [0.15, 0.2) is 108 Å². The maximum Gasteiger partial charge on any atom is 0.272 e. The summed E-state index contributed by atoms with van der Waals surface area (Å²) >= 11 is 13.8. The molecule has 0 aliphatic carbocycles. The minimum atomic E-state index is -0.567. The van der Waals surface area contributed by atoms with Crippen molar-refractivity contribution >= 4 is 70.1 Å². The van der Waals surface area contributed by atoms with Gasteiger partial charge in [0.15, 0.2) is 0 Å². The van der Waals surface area contributed by atoms with Crippen molar-refractivity contribution in [3.05, 3.63) is 124 Å². The van der Waals surface area contributed by atoms with Crippen LogP contribution in [0.25, 0.3) is 6.08 Å². The Morgan fingerprint density at radius 1 is 0.857 bits per heavy atom. The van der Waals surface area contributed by atoms with Crippen LogP contribution in [0.3, 0.4) is 0 Å². The molecule has 0 saturated heterocycles. The molecule has 0 bridgehead atoms. The summed E-state index contributed by atoms with van der Waals surface area (Å²) < 4.78 is 5.57.